The minimum Gasteiger partial charge on any atom is -0.373 e. The number of halogens is 2. The van der Waals surface area contributed by atoms with Crippen molar-refractivity contribution in [2.24, 2.45) is 0 Å². The van der Waals surface area contributed by atoms with Crippen LogP contribution in [0.2, 0.25) is 0 Å². The van der Waals surface area contributed by atoms with Crippen LogP contribution in [0.15, 0.2) is 22.7 Å². The molecule has 23 heavy (non-hydrogen) atoms. The summed E-state index contributed by atoms with van der Waals surface area (Å²) in [5.41, 5.74) is 2.14. The number of hydrogen-bond acceptors (Lipinski definition) is 5. The Morgan fingerprint density at radius 2 is 1.96 bits per heavy atom. The average Bonchev–Trinajstić information content (AvgIpc) is 2.85. The van der Waals surface area contributed by atoms with Gasteiger partial charge in [0.1, 0.15) is 0 Å². The minimum atomic E-state index is 0. The molecule has 3 rings (SSSR count). The van der Waals surface area contributed by atoms with Gasteiger partial charge in [0.05, 0.1) is 24.4 Å². The molecule has 0 amide bonds. The van der Waals surface area contributed by atoms with Gasteiger partial charge < -0.3 is 4.74 Å². The Hall–Kier alpha value is -1.02. The van der Waals surface area contributed by atoms with Gasteiger partial charge in [0.25, 0.3) is 0 Å². The summed E-state index contributed by atoms with van der Waals surface area (Å²) < 4.78 is 8.66. The average molecular weight is 403 g/mol. The molecule has 1 aliphatic rings. The normalized spacial score (nSPS) is 21.9. The van der Waals surface area contributed by atoms with Crippen LogP contribution in [0.3, 0.4) is 0 Å². The first-order chi connectivity index (χ1) is 10.5. The Kier molecular flexibility index (Phi) is 6.13. The molecule has 8 heteroatoms. The van der Waals surface area contributed by atoms with E-state index >= 15 is 0 Å². The third-order valence-electron chi connectivity index (χ3n) is 3.78. The molecule has 0 radical (unpaired) electrons. The summed E-state index contributed by atoms with van der Waals surface area (Å²) in [5.74, 6) is 0.853. The molecule has 0 spiro atoms. The van der Waals surface area contributed by atoms with Gasteiger partial charge in [-0.15, -0.1) is 17.5 Å². The number of rotatable bonds is 3. The van der Waals surface area contributed by atoms with E-state index in [0.717, 1.165) is 41.2 Å². The zero-order valence-corrected chi connectivity index (χ0v) is 15.8. The smallest absolute Gasteiger partial charge is 0.170 e. The molecule has 126 valence electrons. The molecule has 2 unspecified atom stereocenters. The van der Waals surface area contributed by atoms with Gasteiger partial charge in [-0.1, -0.05) is 15.9 Å². The van der Waals surface area contributed by atoms with Crippen molar-refractivity contribution in [2.75, 3.05) is 13.1 Å². The van der Waals surface area contributed by atoms with Crippen molar-refractivity contribution in [2.45, 2.75) is 39.5 Å². The van der Waals surface area contributed by atoms with Crippen molar-refractivity contribution in [3.8, 4) is 5.69 Å². The van der Waals surface area contributed by atoms with E-state index in [1.54, 1.807) is 0 Å². The fourth-order valence-corrected chi connectivity index (χ4v) is 3.44. The van der Waals surface area contributed by atoms with Gasteiger partial charge >= 0.3 is 0 Å². The van der Waals surface area contributed by atoms with E-state index in [1.807, 2.05) is 16.8 Å². The molecule has 1 aromatic heterocycles. The fraction of sp³-hybridized carbons (Fsp3) is 0.533. The van der Waals surface area contributed by atoms with Gasteiger partial charge in [0.2, 0.25) is 0 Å². The molecule has 6 nitrogen and oxygen atoms in total. The van der Waals surface area contributed by atoms with Crippen LogP contribution in [0.4, 0.5) is 0 Å². The molecule has 1 fully saturated rings. The topological polar surface area (TPSA) is 56.1 Å². The number of aromatic nitrogens is 4. The maximum atomic E-state index is 5.78. The summed E-state index contributed by atoms with van der Waals surface area (Å²) >= 11 is 3.49. The monoisotopic (exact) mass is 401 g/mol. The number of nitrogens with zero attached hydrogens (tertiary/aromatic N) is 5. The van der Waals surface area contributed by atoms with Gasteiger partial charge in [-0.3, -0.25) is 4.90 Å². The first-order valence-corrected chi connectivity index (χ1v) is 8.24. The third-order valence-corrected chi connectivity index (χ3v) is 4.27. The standard InChI is InChI=1S/C15H20BrN5O.ClH/c1-10-6-13(16)4-5-14(10)21-15(17-18-19-21)9-20-7-11(2)22-12(3)8-20;/h4-6,11-12H,7-9H2,1-3H3;1H. The van der Waals surface area contributed by atoms with Gasteiger partial charge in [0.15, 0.2) is 5.82 Å². The molecular weight excluding hydrogens is 382 g/mol. The minimum absolute atomic E-state index is 0. The Balaban J connectivity index is 0.00000192. The Bertz CT molecular complexity index is 655. The Morgan fingerprint density at radius 1 is 1.26 bits per heavy atom. The molecule has 2 atom stereocenters. The highest BCUT2D eigenvalue weighted by atomic mass is 79.9. The third kappa shape index (κ3) is 4.29. The van der Waals surface area contributed by atoms with Crippen LogP contribution < -0.4 is 0 Å². The molecule has 0 bridgehead atoms. The number of hydrogen-bond donors (Lipinski definition) is 0. The van der Waals surface area contributed by atoms with Gasteiger partial charge in [-0.05, 0) is 55.0 Å². The SMILES string of the molecule is Cc1cc(Br)ccc1-n1nnnc1CN1CC(C)OC(C)C1.Cl. The van der Waals surface area contributed by atoms with Crippen LogP contribution >= 0.6 is 28.3 Å². The fourth-order valence-electron chi connectivity index (χ4n) is 2.96. The quantitative estimate of drug-likeness (QED) is 0.790. The summed E-state index contributed by atoms with van der Waals surface area (Å²) in [4.78, 5) is 2.34. The first-order valence-electron chi connectivity index (χ1n) is 7.44. The van der Waals surface area contributed by atoms with E-state index < -0.39 is 0 Å². The predicted octanol–water partition coefficient (Wildman–Crippen LogP) is 2.76. The Labute approximate surface area is 150 Å². The van der Waals surface area contributed by atoms with Crippen LogP contribution in [-0.4, -0.2) is 50.4 Å². The van der Waals surface area contributed by atoms with Crippen LogP contribution in [-0.2, 0) is 11.3 Å². The Morgan fingerprint density at radius 3 is 2.61 bits per heavy atom. The summed E-state index contributed by atoms with van der Waals surface area (Å²) in [6.45, 7) is 8.78. The van der Waals surface area contributed by atoms with Gasteiger partial charge in [0, 0.05) is 17.6 Å². The maximum absolute atomic E-state index is 5.78. The summed E-state index contributed by atoms with van der Waals surface area (Å²) in [6.07, 6.45) is 0.477. The summed E-state index contributed by atoms with van der Waals surface area (Å²) in [7, 11) is 0. The lowest BCUT2D eigenvalue weighted by Gasteiger charge is -2.34. The second-order valence-electron chi connectivity index (χ2n) is 5.89. The number of aryl methyl sites for hydroxylation is 1. The molecule has 1 aliphatic heterocycles. The molecule has 2 heterocycles. The van der Waals surface area contributed by atoms with Crippen LogP contribution in [0.1, 0.15) is 25.2 Å². The van der Waals surface area contributed by atoms with Crippen LogP contribution in [0, 0.1) is 6.92 Å². The maximum Gasteiger partial charge on any atom is 0.170 e. The zero-order chi connectivity index (χ0) is 15.7. The summed E-state index contributed by atoms with van der Waals surface area (Å²) in [6, 6.07) is 6.11. The summed E-state index contributed by atoms with van der Waals surface area (Å²) in [5, 5.41) is 12.2. The van der Waals surface area contributed by atoms with Crippen LogP contribution in [0.5, 0.6) is 0 Å². The van der Waals surface area contributed by atoms with Crippen LogP contribution in [0.25, 0.3) is 5.69 Å². The number of benzene rings is 1. The highest BCUT2D eigenvalue weighted by Gasteiger charge is 2.24. The van der Waals surface area contributed by atoms with Crippen molar-refractivity contribution in [3.63, 3.8) is 0 Å². The molecule has 0 aliphatic carbocycles. The molecule has 1 saturated heterocycles. The van der Waals surface area contributed by atoms with E-state index in [0.29, 0.717) is 0 Å². The van der Waals surface area contributed by atoms with E-state index in [2.05, 4.69) is 63.2 Å². The number of morpholine rings is 1. The highest BCUT2D eigenvalue weighted by Crippen LogP contribution is 2.20. The predicted molar refractivity (Wildman–Crippen MR) is 94.1 cm³/mol. The van der Waals surface area contributed by atoms with Crippen molar-refractivity contribution < 1.29 is 4.74 Å². The van der Waals surface area contributed by atoms with Crippen molar-refractivity contribution in [1.29, 1.82) is 0 Å². The molecule has 0 N–H and O–H groups in total. The molecule has 1 aromatic carbocycles. The largest absolute Gasteiger partial charge is 0.373 e. The van der Waals surface area contributed by atoms with Crippen molar-refractivity contribution in [1.82, 2.24) is 25.1 Å². The highest BCUT2D eigenvalue weighted by molar-refractivity contribution is 9.10. The first kappa shape index (κ1) is 18.3. The van der Waals surface area contributed by atoms with E-state index in [1.165, 1.54) is 0 Å². The van der Waals surface area contributed by atoms with E-state index in [4.69, 9.17) is 4.74 Å². The lowest BCUT2D eigenvalue weighted by molar-refractivity contribution is -0.0712. The lowest BCUT2D eigenvalue weighted by Crippen LogP contribution is -2.45. The zero-order valence-electron chi connectivity index (χ0n) is 13.4. The van der Waals surface area contributed by atoms with E-state index in [9.17, 15) is 0 Å². The molecule has 2 aromatic rings. The number of tetrazole rings is 1. The molecule has 0 saturated carbocycles. The lowest BCUT2D eigenvalue weighted by atomic mass is 10.2. The van der Waals surface area contributed by atoms with Gasteiger partial charge in [-0.2, -0.15) is 4.68 Å². The van der Waals surface area contributed by atoms with Crippen molar-refractivity contribution in [3.05, 3.63) is 34.1 Å². The second-order valence-corrected chi connectivity index (χ2v) is 6.80. The molecular formula is C15H21BrClN5O. The number of ether oxygens (including phenoxy) is 1. The van der Waals surface area contributed by atoms with Gasteiger partial charge in [-0.25, -0.2) is 0 Å². The van der Waals surface area contributed by atoms with Crippen molar-refractivity contribution >= 4 is 28.3 Å². The second kappa shape index (κ2) is 7.70. The van der Waals surface area contributed by atoms with E-state index in [-0.39, 0.29) is 24.6 Å².